The standard InChI is InChI=1S/C27H40N2O/c1-4-16-30-21-17-20(18-28-19-21)23-8-9-24-22-11-15-29-14-7-5-6-12-27(29,3)25(22)10-13-26(23,24)2/h8,17-19,22,24-25H,4-7,9-16H2,1-3H3/t22-,24-,25?,26+,27+/m0/s1. The van der Waals surface area contributed by atoms with Crippen molar-refractivity contribution < 1.29 is 4.74 Å². The molecule has 4 aliphatic rings. The van der Waals surface area contributed by atoms with Crippen molar-refractivity contribution in [1.82, 2.24) is 9.88 Å². The van der Waals surface area contributed by atoms with Crippen molar-refractivity contribution in [3.8, 4) is 5.75 Å². The fourth-order valence-electron chi connectivity index (χ4n) is 7.81. The summed E-state index contributed by atoms with van der Waals surface area (Å²) in [5, 5.41) is 0. The lowest BCUT2D eigenvalue weighted by Crippen LogP contribution is -2.61. The summed E-state index contributed by atoms with van der Waals surface area (Å²) in [6.07, 6.45) is 18.6. The first-order valence-electron chi connectivity index (χ1n) is 12.6. The molecular formula is C27H40N2O. The number of rotatable bonds is 4. The summed E-state index contributed by atoms with van der Waals surface area (Å²) in [5.74, 6) is 3.49. The van der Waals surface area contributed by atoms with Gasteiger partial charge in [0.15, 0.2) is 0 Å². The van der Waals surface area contributed by atoms with Gasteiger partial charge in [-0.1, -0.05) is 32.8 Å². The van der Waals surface area contributed by atoms with Gasteiger partial charge in [0.2, 0.25) is 0 Å². The van der Waals surface area contributed by atoms with Crippen LogP contribution in [0.25, 0.3) is 5.57 Å². The molecule has 5 rings (SSSR count). The van der Waals surface area contributed by atoms with Gasteiger partial charge >= 0.3 is 0 Å². The number of ether oxygens (including phenoxy) is 1. The van der Waals surface area contributed by atoms with Crippen LogP contribution in [0.1, 0.15) is 84.1 Å². The van der Waals surface area contributed by atoms with Gasteiger partial charge in [0, 0.05) is 11.7 Å². The average Bonchev–Trinajstić information content (AvgIpc) is 2.98. The number of fused-ring (bicyclic) bond motifs is 5. The molecule has 2 saturated heterocycles. The van der Waals surface area contributed by atoms with Crippen LogP contribution in [0.5, 0.6) is 5.75 Å². The number of nitrogens with zero attached hydrogens (tertiary/aromatic N) is 2. The van der Waals surface area contributed by atoms with Gasteiger partial charge in [-0.2, -0.15) is 0 Å². The van der Waals surface area contributed by atoms with Crippen LogP contribution in [0.15, 0.2) is 24.5 Å². The zero-order valence-electron chi connectivity index (χ0n) is 19.3. The SMILES string of the molecule is CCCOc1cncc(C2=CC[C@H]3[C@@H]4CCN5CCCCC[C@]5(C)C4CC[C@]23C)c1. The van der Waals surface area contributed by atoms with E-state index in [-0.39, 0.29) is 0 Å². The van der Waals surface area contributed by atoms with Crippen LogP contribution >= 0.6 is 0 Å². The first-order chi connectivity index (χ1) is 14.6. The molecule has 30 heavy (non-hydrogen) atoms. The Labute approximate surface area is 183 Å². The van der Waals surface area contributed by atoms with Crippen molar-refractivity contribution in [1.29, 1.82) is 0 Å². The molecule has 0 spiro atoms. The van der Waals surface area contributed by atoms with Gasteiger partial charge in [0.25, 0.3) is 0 Å². The maximum absolute atomic E-state index is 5.90. The Morgan fingerprint density at radius 1 is 1.07 bits per heavy atom. The summed E-state index contributed by atoms with van der Waals surface area (Å²) in [6.45, 7) is 10.8. The first-order valence-corrected chi connectivity index (χ1v) is 12.6. The molecule has 2 aliphatic carbocycles. The number of pyridine rings is 1. The molecule has 1 aromatic heterocycles. The Kier molecular flexibility index (Phi) is 5.46. The molecule has 0 N–H and O–H groups in total. The minimum Gasteiger partial charge on any atom is -0.492 e. The largest absolute Gasteiger partial charge is 0.492 e. The Hall–Kier alpha value is -1.35. The summed E-state index contributed by atoms with van der Waals surface area (Å²) in [7, 11) is 0. The molecule has 1 unspecified atom stereocenters. The van der Waals surface area contributed by atoms with E-state index in [1.807, 2.05) is 6.20 Å². The molecule has 2 aliphatic heterocycles. The van der Waals surface area contributed by atoms with E-state index < -0.39 is 0 Å². The summed E-state index contributed by atoms with van der Waals surface area (Å²) in [5.41, 5.74) is 3.59. The van der Waals surface area contributed by atoms with E-state index >= 15 is 0 Å². The van der Waals surface area contributed by atoms with Crippen molar-refractivity contribution in [3.05, 3.63) is 30.1 Å². The first kappa shape index (κ1) is 20.5. The number of hydrogen-bond acceptors (Lipinski definition) is 3. The lowest BCUT2D eigenvalue weighted by Gasteiger charge is -2.60. The van der Waals surface area contributed by atoms with Gasteiger partial charge in [-0.3, -0.25) is 9.88 Å². The summed E-state index contributed by atoms with van der Waals surface area (Å²) < 4.78 is 5.90. The normalized spacial score (nSPS) is 38.8. The van der Waals surface area contributed by atoms with Crippen LogP contribution in [-0.4, -0.2) is 35.1 Å². The lowest BCUT2D eigenvalue weighted by molar-refractivity contribution is -0.0868. The molecule has 3 heterocycles. The molecule has 1 saturated carbocycles. The highest BCUT2D eigenvalue weighted by molar-refractivity contribution is 5.73. The maximum Gasteiger partial charge on any atom is 0.138 e. The average molecular weight is 409 g/mol. The number of hydrogen-bond donors (Lipinski definition) is 0. The molecule has 0 radical (unpaired) electrons. The van der Waals surface area contributed by atoms with Crippen molar-refractivity contribution in [2.45, 2.75) is 84.1 Å². The maximum atomic E-state index is 5.90. The molecule has 164 valence electrons. The van der Waals surface area contributed by atoms with Crippen LogP contribution in [0.4, 0.5) is 0 Å². The van der Waals surface area contributed by atoms with Crippen molar-refractivity contribution in [2.24, 2.45) is 23.2 Å². The number of aromatic nitrogens is 1. The molecule has 5 atom stereocenters. The summed E-state index contributed by atoms with van der Waals surface area (Å²) >= 11 is 0. The highest BCUT2D eigenvalue weighted by atomic mass is 16.5. The van der Waals surface area contributed by atoms with Crippen LogP contribution in [0.2, 0.25) is 0 Å². The zero-order chi connectivity index (χ0) is 20.8. The molecular weight excluding hydrogens is 368 g/mol. The van der Waals surface area contributed by atoms with E-state index in [0.29, 0.717) is 11.0 Å². The molecule has 0 bridgehead atoms. The van der Waals surface area contributed by atoms with E-state index in [2.05, 4.69) is 49.0 Å². The molecule has 3 nitrogen and oxygen atoms in total. The third-order valence-electron chi connectivity index (χ3n) is 9.38. The number of piperidine rings is 1. The number of allylic oxidation sites excluding steroid dienone is 2. The minimum absolute atomic E-state index is 0.301. The second kappa shape index (κ2) is 7.97. The summed E-state index contributed by atoms with van der Waals surface area (Å²) in [6, 6.07) is 2.24. The Bertz CT molecular complexity index is 804. The van der Waals surface area contributed by atoms with E-state index in [1.54, 1.807) is 5.57 Å². The highest BCUT2D eigenvalue weighted by Crippen LogP contribution is 2.63. The molecule has 0 amide bonds. The van der Waals surface area contributed by atoms with E-state index in [1.165, 1.54) is 70.0 Å². The lowest BCUT2D eigenvalue weighted by atomic mass is 9.52. The Morgan fingerprint density at radius 2 is 1.97 bits per heavy atom. The predicted molar refractivity (Wildman–Crippen MR) is 123 cm³/mol. The molecule has 1 aromatic rings. The monoisotopic (exact) mass is 408 g/mol. The van der Waals surface area contributed by atoms with E-state index in [0.717, 1.165) is 36.5 Å². The third-order valence-corrected chi connectivity index (χ3v) is 9.38. The topological polar surface area (TPSA) is 25.4 Å². The van der Waals surface area contributed by atoms with E-state index in [9.17, 15) is 0 Å². The van der Waals surface area contributed by atoms with Crippen molar-refractivity contribution in [3.63, 3.8) is 0 Å². The second-order valence-corrected chi connectivity index (χ2v) is 10.9. The van der Waals surface area contributed by atoms with Gasteiger partial charge < -0.3 is 4.74 Å². The zero-order valence-corrected chi connectivity index (χ0v) is 19.3. The van der Waals surface area contributed by atoms with Crippen LogP contribution < -0.4 is 4.74 Å². The van der Waals surface area contributed by atoms with E-state index in [4.69, 9.17) is 4.74 Å². The minimum atomic E-state index is 0.301. The third kappa shape index (κ3) is 3.23. The van der Waals surface area contributed by atoms with Crippen LogP contribution in [0, 0.1) is 23.2 Å². The van der Waals surface area contributed by atoms with Gasteiger partial charge in [0.1, 0.15) is 5.75 Å². The highest BCUT2D eigenvalue weighted by Gasteiger charge is 2.57. The smallest absolute Gasteiger partial charge is 0.138 e. The van der Waals surface area contributed by atoms with Gasteiger partial charge in [-0.15, -0.1) is 0 Å². The van der Waals surface area contributed by atoms with Gasteiger partial charge in [-0.05, 0) is 105 Å². The second-order valence-electron chi connectivity index (χ2n) is 10.9. The Morgan fingerprint density at radius 3 is 2.83 bits per heavy atom. The molecule has 3 fully saturated rings. The molecule has 3 heteroatoms. The van der Waals surface area contributed by atoms with Crippen LogP contribution in [-0.2, 0) is 0 Å². The molecule has 0 aromatic carbocycles. The van der Waals surface area contributed by atoms with Gasteiger partial charge in [0.05, 0.1) is 12.8 Å². The predicted octanol–water partition coefficient (Wildman–Crippen LogP) is 6.34. The fraction of sp³-hybridized carbons (Fsp3) is 0.741. The van der Waals surface area contributed by atoms with Crippen molar-refractivity contribution in [2.75, 3.05) is 19.7 Å². The fourth-order valence-corrected chi connectivity index (χ4v) is 7.81. The van der Waals surface area contributed by atoms with Crippen LogP contribution in [0.3, 0.4) is 0 Å². The quantitative estimate of drug-likeness (QED) is 0.581. The van der Waals surface area contributed by atoms with Gasteiger partial charge in [-0.25, -0.2) is 0 Å². The van der Waals surface area contributed by atoms with Crippen molar-refractivity contribution >= 4 is 5.57 Å². The Balaban J connectivity index is 1.40. The summed E-state index contributed by atoms with van der Waals surface area (Å²) in [4.78, 5) is 7.43.